The molecule has 0 unspecified atom stereocenters. The largest absolute Gasteiger partial charge is 0.385 e. The van der Waals surface area contributed by atoms with Crippen LogP contribution in [0.25, 0.3) is 22.9 Å². The zero-order valence-corrected chi connectivity index (χ0v) is 20.7. The van der Waals surface area contributed by atoms with E-state index in [1.54, 1.807) is 0 Å². The van der Waals surface area contributed by atoms with Crippen molar-refractivity contribution in [2.75, 3.05) is 6.54 Å². The topological polar surface area (TPSA) is 53.9 Å². The lowest BCUT2D eigenvalue weighted by Gasteiger charge is -2.26. The van der Waals surface area contributed by atoms with Crippen LogP contribution in [-0.4, -0.2) is 28.4 Å². The molecule has 35 heavy (non-hydrogen) atoms. The van der Waals surface area contributed by atoms with Crippen molar-refractivity contribution in [3.05, 3.63) is 64.5 Å². The molecule has 3 N–H and O–H groups in total. The standard InChI is InChI=1S/C29H36FN5/c1-19-25(14-16-31-29(19)33-23-8-4-5-9-23)27-26-18-24(32-22-6-2-3-7-22)15-17-35(26)34-28(27)20-10-12-21(30)13-11-20/h10-14,18,22-23,31-33H,2-9,15-17H2,1H3. The molecule has 0 spiro atoms. The third kappa shape index (κ3) is 4.51. The summed E-state index contributed by atoms with van der Waals surface area (Å²) in [5.41, 5.74) is 7.98. The van der Waals surface area contributed by atoms with Gasteiger partial charge in [0.25, 0.3) is 0 Å². The van der Waals surface area contributed by atoms with Crippen molar-refractivity contribution < 1.29 is 4.39 Å². The molecule has 184 valence electrons. The van der Waals surface area contributed by atoms with E-state index in [9.17, 15) is 4.39 Å². The van der Waals surface area contributed by atoms with Crippen LogP contribution in [0.15, 0.2) is 47.4 Å². The summed E-state index contributed by atoms with van der Waals surface area (Å²) in [5.74, 6) is 0.922. The minimum absolute atomic E-state index is 0.220. The molecular weight excluding hydrogens is 437 g/mol. The van der Waals surface area contributed by atoms with Gasteiger partial charge in [0.1, 0.15) is 17.3 Å². The molecule has 0 saturated heterocycles. The SMILES string of the molecule is CC1=C(NC2CCCC2)NCC=C1c1c(-c2ccc(F)cc2)nn2c1C=C(NC1CCCC1)CC2. The lowest BCUT2D eigenvalue weighted by Crippen LogP contribution is -2.36. The van der Waals surface area contributed by atoms with E-state index in [-0.39, 0.29) is 5.82 Å². The highest BCUT2D eigenvalue weighted by molar-refractivity contribution is 5.91. The number of aromatic nitrogens is 2. The molecule has 6 heteroatoms. The van der Waals surface area contributed by atoms with Crippen LogP contribution in [0.4, 0.5) is 4.39 Å². The highest BCUT2D eigenvalue weighted by Crippen LogP contribution is 2.39. The molecule has 1 aromatic carbocycles. The Kier molecular flexibility index (Phi) is 6.13. The van der Waals surface area contributed by atoms with Crippen molar-refractivity contribution in [3.63, 3.8) is 0 Å². The van der Waals surface area contributed by atoms with E-state index in [2.05, 4.69) is 39.7 Å². The second-order valence-electron chi connectivity index (χ2n) is 10.5. The zero-order valence-electron chi connectivity index (χ0n) is 20.7. The number of benzene rings is 1. The van der Waals surface area contributed by atoms with E-state index >= 15 is 0 Å². The van der Waals surface area contributed by atoms with Gasteiger partial charge in [-0.3, -0.25) is 4.68 Å². The van der Waals surface area contributed by atoms with Crippen LogP contribution in [0, 0.1) is 5.82 Å². The summed E-state index contributed by atoms with van der Waals surface area (Å²) in [6.45, 7) is 3.85. The van der Waals surface area contributed by atoms with Crippen LogP contribution in [0.1, 0.15) is 76.0 Å². The van der Waals surface area contributed by atoms with Gasteiger partial charge in [0.2, 0.25) is 0 Å². The van der Waals surface area contributed by atoms with Gasteiger partial charge < -0.3 is 16.0 Å². The van der Waals surface area contributed by atoms with Gasteiger partial charge in [-0.1, -0.05) is 31.8 Å². The molecule has 2 aromatic rings. The summed E-state index contributed by atoms with van der Waals surface area (Å²) in [4.78, 5) is 0. The van der Waals surface area contributed by atoms with Gasteiger partial charge in [-0.25, -0.2) is 4.39 Å². The van der Waals surface area contributed by atoms with E-state index in [0.29, 0.717) is 12.1 Å². The van der Waals surface area contributed by atoms with E-state index in [1.165, 1.54) is 80.3 Å². The Morgan fingerprint density at radius 2 is 1.66 bits per heavy atom. The Bertz CT molecular complexity index is 1170. The molecule has 6 rings (SSSR count). The molecule has 1 aromatic heterocycles. The first kappa shape index (κ1) is 22.4. The highest BCUT2D eigenvalue weighted by atomic mass is 19.1. The molecule has 0 bridgehead atoms. The van der Waals surface area contributed by atoms with Crippen LogP contribution >= 0.6 is 0 Å². The lowest BCUT2D eigenvalue weighted by atomic mass is 9.91. The van der Waals surface area contributed by atoms with Gasteiger partial charge in [0, 0.05) is 48.4 Å². The smallest absolute Gasteiger partial charge is 0.123 e. The molecule has 2 aliphatic heterocycles. The first-order valence-corrected chi connectivity index (χ1v) is 13.4. The molecule has 2 aliphatic carbocycles. The number of hydrogen-bond acceptors (Lipinski definition) is 4. The molecular formula is C29H36FN5. The Hall–Kier alpha value is -3.02. The van der Waals surface area contributed by atoms with Crippen LogP contribution < -0.4 is 16.0 Å². The molecule has 2 fully saturated rings. The number of aryl methyl sites for hydroxylation is 1. The Morgan fingerprint density at radius 1 is 0.971 bits per heavy atom. The fraction of sp³-hybridized carbons (Fsp3) is 0.483. The fourth-order valence-corrected chi connectivity index (χ4v) is 6.18. The Balaban J connectivity index is 1.42. The first-order valence-electron chi connectivity index (χ1n) is 13.4. The van der Waals surface area contributed by atoms with Crippen molar-refractivity contribution in [2.45, 2.75) is 83.3 Å². The summed E-state index contributed by atoms with van der Waals surface area (Å²) in [5, 5.41) is 16.3. The maximum absolute atomic E-state index is 13.8. The number of nitrogens with one attached hydrogen (secondary N) is 3. The van der Waals surface area contributed by atoms with Crippen LogP contribution in [0.2, 0.25) is 0 Å². The molecule has 0 atom stereocenters. The van der Waals surface area contributed by atoms with Crippen LogP contribution in [0.3, 0.4) is 0 Å². The molecule has 3 heterocycles. The number of dihydropyridines is 1. The monoisotopic (exact) mass is 473 g/mol. The fourth-order valence-electron chi connectivity index (χ4n) is 6.18. The van der Waals surface area contributed by atoms with Crippen LogP contribution in [-0.2, 0) is 6.54 Å². The van der Waals surface area contributed by atoms with Crippen molar-refractivity contribution in [1.82, 2.24) is 25.7 Å². The maximum Gasteiger partial charge on any atom is 0.123 e. The average Bonchev–Trinajstić information content (AvgIpc) is 3.63. The molecule has 0 radical (unpaired) electrons. The van der Waals surface area contributed by atoms with Gasteiger partial charge in [0.15, 0.2) is 0 Å². The van der Waals surface area contributed by atoms with E-state index in [4.69, 9.17) is 5.10 Å². The maximum atomic E-state index is 13.8. The summed E-state index contributed by atoms with van der Waals surface area (Å²) < 4.78 is 15.9. The van der Waals surface area contributed by atoms with Gasteiger partial charge in [0.05, 0.1) is 5.69 Å². The number of halogens is 1. The number of rotatable bonds is 6. The minimum atomic E-state index is -0.220. The Morgan fingerprint density at radius 3 is 2.37 bits per heavy atom. The minimum Gasteiger partial charge on any atom is -0.385 e. The summed E-state index contributed by atoms with van der Waals surface area (Å²) in [7, 11) is 0. The molecule has 4 aliphatic rings. The summed E-state index contributed by atoms with van der Waals surface area (Å²) in [6.07, 6.45) is 15.8. The molecule has 0 amide bonds. The van der Waals surface area contributed by atoms with Gasteiger partial charge >= 0.3 is 0 Å². The van der Waals surface area contributed by atoms with Gasteiger partial charge in [-0.05, 0) is 74.1 Å². The summed E-state index contributed by atoms with van der Waals surface area (Å²) in [6, 6.07) is 7.92. The second-order valence-corrected chi connectivity index (χ2v) is 10.5. The lowest BCUT2D eigenvalue weighted by molar-refractivity contribution is 0.526. The molecule has 2 saturated carbocycles. The third-order valence-electron chi connectivity index (χ3n) is 8.09. The van der Waals surface area contributed by atoms with Crippen molar-refractivity contribution >= 4 is 11.6 Å². The molecule has 5 nitrogen and oxygen atoms in total. The second kappa shape index (κ2) is 9.56. The number of allylic oxidation sites excluding steroid dienone is 3. The van der Waals surface area contributed by atoms with Crippen LogP contribution in [0.5, 0.6) is 0 Å². The summed E-state index contributed by atoms with van der Waals surface area (Å²) >= 11 is 0. The van der Waals surface area contributed by atoms with Gasteiger partial charge in [-0.15, -0.1) is 0 Å². The van der Waals surface area contributed by atoms with Crippen molar-refractivity contribution in [3.8, 4) is 11.3 Å². The quantitative estimate of drug-likeness (QED) is 0.503. The third-order valence-corrected chi connectivity index (χ3v) is 8.09. The Labute approximate surface area is 207 Å². The highest BCUT2D eigenvalue weighted by Gasteiger charge is 2.28. The normalized spacial score (nSPS) is 21.0. The van der Waals surface area contributed by atoms with E-state index < -0.39 is 0 Å². The van der Waals surface area contributed by atoms with Gasteiger partial charge in [-0.2, -0.15) is 5.10 Å². The van der Waals surface area contributed by atoms with Crippen molar-refractivity contribution in [2.24, 2.45) is 0 Å². The predicted octanol–water partition coefficient (Wildman–Crippen LogP) is 5.72. The number of hydrogen-bond donors (Lipinski definition) is 3. The van der Waals surface area contributed by atoms with E-state index in [1.807, 2.05) is 12.1 Å². The van der Waals surface area contributed by atoms with E-state index in [0.717, 1.165) is 47.8 Å². The number of fused-ring (bicyclic) bond motifs is 1. The zero-order chi connectivity index (χ0) is 23.8. The average molecular weight is 474 g/mol. The number of nitrogens with zero attached hydrogens (tertiary/aromatic N) is 2. The first-order chi connectivity index (χ1) is 17.2. The van der Waals surface area contributed by atoms with Crippen molar-refractivity contribution in [1.29, 1.82) is 0 Å². The predicted molar refractivity (Wildman–Crippen MR) is 140 cm³/mol.